The lowest BCUT2D eigenvalue weighted by Gasteiger charge is -2.34. The van der Waals surface area contributed by atoms with Gasteiger partial charge in [0.15, 0.2) is 0 Å². The van der Waals surface area contributed by atoms with Crippen molar-refractivity contribution in [2.24, 2.45) is 11.3 Å². The number of aliphatic hydroxyl groups is 1. The zero-order valence-electron chi connectivity index (χ0n) is 9.92. The van der Waals surface area contributed by atoms with Crippen LogP contribution in [-0.4, -0.2) is 49.2 Å². The van der Waals surface area contributed by atoms with Gasteiger partial charge >= 0.3 is 0 Å². The smallest absolute Gasteiger partial charge is 0.230 e. The fourth-order valence-corrected chi connectivity index (χ4v) is 2.27. The van der Waals surface area contributed by atoms with Gasteiger partial charge in [-0.05, 0) is 18.9 Å². The average molecular weight is 214 g/mol. The summed E-state index contributed by atoms with van der Waals surface area (Å²) in [6.45, 7) is 6.32. The van der Waals surface area contributed by atoms with Crippen molar-refractivity contribution in [1.82, 2.24) is 10.2 Å². The second-order valence-electron chi connectivity index (χ2n) is 4.69. The Labute approximate surface area is 91.6 Å². The molecule has 1 aliphatic rings. The Morgan fingerprint density at radius 1 is 1.60 bits per heavy atom. The van der Waals surface area contributed by atoms with Crippen LogP contribution < -0.4 is 5.32 Å². The maximum Gasteiger partial charge on any atom is 0.230 e. The van der Waals surface area contributed by atoms with Crippen molar-refractivity contribution in [2.75, 3.05) is 33.3 Å². The third-order valence-electron chi connectivity index (χ3n) is 3.50. The van der Waals surface area contributed by atoms with E-state index >= 15 is 0 Å². The van der Waals surface area contributed by atoms with Crippen molar-refractivity contribution in [2.45, 2.75) is 20.3 Å². The monoisotopic (exact) mass is 214 g/mol. The normalized spacial score (nSPS) is 25.9. The van der Waals surface area contributed by atoms with Crippen molar-refractivity contribution >= 4 is 5.91 Å². The van der Waals surface area contributed by atoms with Crippen molar-refractivity contribution in [1.29, 1.82) is 0 Å². The summed E-state index contributed by atoms with van der Waals surface area (Å²) in [5, 5.41) is 12.1. The Kier molecular flexibility index (Phi) is 4.11. The molecular formula is C11H22N2O2. The Hall–Kier alpha value is -0.610. The van der Waals surface area contributed by atoms with Crippen molar-refractivity contribution in [3.05, 3.63) is 0 Å². The summed E-state index contributed by atoms with van der Waals surface area (Å²) in [5.74, 6) is 0.498. The summed E-state index contributed by atoms with van der Waals surface area (Å²) in [6, 6.07) is 0. The molecule has 1 heterocycles. The first-order valence-electron chi connectivity index (χ1n) is 5.61. The van der Waals surface area contributed by atoms with Crippen LogP contribution in [0.2, 0.25) is 0 Å². The van der Waals surface area contributed by atoms with Crippen molar-refractivity contribution in [3.63, 3.8) is 0 Å². The maximum absolute atomic E-state index is 12.3. The molecule has 1 atom stereocenters. The zero-order chi connectivity index (χ0) is 11.5. The van der Waals surface area contributed by atoms with Gasteiger partial charge in [0.05, 0.1) is 12.0 Å². The number of hydrogen-bond donors (Lipinski definition) is 2. The van der Waals surface area contributed by atoms with Gasteiger partial charge in [-0.2, -0.15) is 0 Å². The van der Waals surface area contributed by atoms with Crippen LogP contribution in [0.1, 0.15) is 20.3 Å². The Balaban J connectivity index is 2.76. The van der Waals surface area contributed by atoms with Crippen LogP contribution >= 0.6 is 0 Å². The van der Waals surface area contributed by atoms with E-state index < -0.39 is 0 Å². The molecule has 4 nitrogen and oxygen atoms in total. The number of nitrogens with one attached hydrogen (secondary N) is 1. The van der Waals surface area contributed by atoms with E-state index in [0.29, 0.717) is 12.5 Å². The average Bonchev–Trinajstić information content (AvgIpc) is 2.66. The van der Waals surface area contributed by atoms with Gasteiger partial charge in [-0.15, -0.1) is 0 Å². The minimum Gasteiger partial charge on any atom is -0.395 e. The zero-order valence-corrected chi connectivity index (χ0v) is 9.92. The number of likely N-dealkylation sites (N-methyl/N-ethyl adjacent to an activating group) is 1. The molecule has 0 saturated carbocycles. The van der Waals surface area contributed by atoms with Crippen LogP contribution in [-0.2, 0) is 4.79 Å². The molecule has 1 rings (SSSR count). The predicted molar refractivity (Wildman–Crippen MR) is 59.5 cm³/mol. The molecule has 88 valence electrons. The summed E-state index contributed by atoms with van der Waals surface area (Å²) in [7, 11) is 1.76. The molecule has 4 heteroatoms. The molecular weight excluding hydrogens is 192 g/mol. The molecule has 1 saturated heterocycles. The third kappa shape index (κ3) is 2.32. The van der Waals surface area contributed by atoms with Gasteiger partial charge < -0.3 is 15.3 Å². The quantitative estimate of drug-likeness (QED) is 0.696. The van der Waals surface area contributed by atoms with E-state index in [1.807, 2.05) is 0 Å². The SMILES string of the molecule is CC(C)C1(C(=O)N(C)CCO)CCNC1. The Morgan fingerprint density at radius 3 is 2.67 bits per heavy atom. The number of carbonyl (C=O) groups is 1. The fraction of sp³-hybridized carbons (Fsp3) is 0.909. The highest BCUT2D eigenvalue weighted by Crippen LogP contribution is 2.35. The third-order valence-corrected chi connectivity index (χ3v) is 3.50. The number of aliphatic hydroxyl groups excluding tert-OH is 1. The highest BCUT2D eigenvalue weighted by molar-refractivity contribution is 5.83. The van der Waals surface area contributed by atoms with Gasteiger partial charge in [-0.3, -0.25) is 4.79 Å². The lowest BCUT2D eigenvalue weighted by molar-refractivity contribution is -0.142. The van der Waals surface area contributed by atoms with E-state index in [9.17, 15) is 4.79 Å². The molecule has 0 spiro atoms. The fourth-order valence-electron chi connectivity index (χ4n) is 2.27. The molecule has 1 aliphatic heterocycles. The largest absolute Gasteiger partial charge is 0.395 e. The topological polar surface area (TPSA) is 52.6 Å². The number of hydrogen-bond acceptors (Lipinski definition) is 3. The minimum absolute atomic E-state index is 0.0316. The molecule has 2 N–H and O–H groups in total. The first kappa shape index (κ1) is 12.5. The molecule has 1 amide bonds. The lowest BCUT2D eigenvalue weighted by atomic mass is 9.75. The number of carbonyl (C=O) groups excluding carboxylic acids is 1. The second kappa shape index (κ2) is 4.94. The molecule has 0 aliphatic carbocycles. The van der Waals surface area contributed by atoms with Gasteiger partial charge in [0, 0.05) is 20.1 Å². The van der Waals surface area contributed by atoms with Gasteiger partial charge in [0.25, 0.3) is 0 Å². The van der Waals surface area contributed by atoms with Crippen LogP contribution in [0.4, 0.5) is 0 Å². The molecule has 0 aromatic heterocycles. The minimum atomic E-state index is -0.260. The first-order valence-corrected chi connectivity index (χ1v) is 5.61. The molecule has 1 unspecified atom stereocenters. The summed E-state index contributed by atoms with van der Waals surface area (Å²) >= 11 is 0. The van der Waals surface area contributed by atoms with E-state index in [0.717, 1.165) is 19.5 Å². The Morgan fingerprint density at radius 2 is 2.27 bits per heavy atom. The van der Waals surface area contributed by atoms with Crippen LogP contribution in [0.5, 0.6) is 0 Å². The van der Waals surface area contributed by atoms with Crippen LogP contribution in [0.15, 0.2) is 0 Å². The van der Waals surface area contributed by atoms with E-state index in [1.54, 1.807) is 11.9 Å². The second-order valence-corrected chi connectivity index (χ2v) is 4.69. The molecule has 0 radical (unpaired) electrons. The van der Waals surface area contributed by atoms with Crippen LogP contribution in [0, 0.1) is 11.3 Å². The summed E-state index contributed by atoms with van der Waals surface area (Å²) in [6.07, 6.45) is 0.902. The molecule has 0 bridgehead atoms. The first-order chi connectivity index (χ1) is 7.04. The number of nitrogens with zero attached hydrogens (tertiary/aromatic N) is 1. The highest BCUT2D eigenvalue weighted by atomic mass is 16.3. The van der Waals surface area contributed by atoms with E-state index in [-0.39, 0.29) is 17.9 Å². The Bertz CT molecular complexity index is 223. The van der Waals surface area contributed by atoms with Crippen molar-refractivity contribution < 1.29 is 9.90 Å². The molecule has 1 fully saturated rings. The van der Waals surface area contributed by atoms with E-state index in [1.165, 1.54) is 0 Å². The molecule has 0 aromatic carbocycles. The van der Waals surface area contributed by atoms with Gasteiger partial charge in [-0.1, -0.05) is 13.8 Å². The maximum atomic E-state index is 12.3. The van der Waals surface area contributed by atoms with Gasteiger partial charge in [0.1, 0.15) is 0 Å². The molecule has 15 heavy (non-hydrogen) atoms. The van der Waals surface area contributed by atoms with Gasteiger partial charge in [0.2, 0.25) is 5.91 Å². The number of rotatable bonds is 4. The predicted octanol–water partition coefficient (Wildman–Crippen LogP) is 0.0728. The van der Waals surface area contributed by atoms with Crippen LogP contribution in [0.3, 0.4) is 0 Å². The summed E-state index contributed by atoms with van der Waals surface area (Å²) < 4.78 is 0. The van der Waals surface area contributed by atoms with E-state index in [2.05, 4.69) is 19.2 Å². The van der Waals surface area contributed by atoms with Crippen molar-refractivity contribution in [3.8, 4) is 0 Å². The number of amides is 1. The summed E-state index contributed by atoms with van der Waals surface area (Å²) in [5.41, 5.74) is -0.260. The van der Waals surface area contributed by atoms with Crippen LogP contribution in [0.25, 0.3) is 0 Å². The standard InChI is InChI=1S/C11H22N2O2/c1-9(2)11(4-5-12-8-11)10(15)13(3)6-7-14/h9,12,14H,4-8H2,1-3H3. The molecule has 0 aromatic rings. The summed E-state index contributed by atoms with van der Waals surface area (Å²) in [4.78, 5) is 13.9. The highest BCUT2D eigenvalue weighted by Gasteiger charge is 2.45. The van der Waals surface area contributed by atoms with E-state index in [4.69, 9.17) is 5.11 Å². The lowest BCUT2D eigenvalue weighted by Crippen LogP contribution is -2.47. The van der Waals surface area contributed by atoms with Gasteiger partial charge in [-0.25, -0.2) is 0 Å².